The van der Waals surface area contributed by atoms with E-state index in [4.69, 9.17) is 4.42 Å². The van der Waals surface area contributed by atoms with E-state index in [-0.39, 0.29) is 28.5 Å². The first-order chi connectivity index (χ1) is 16.4. The number of furan rings is 1. The number of thioether (sulfide) groups is 1. The summed E-state index contributed by atoms with van der Waals surface area (Å²) < 4.78 is 7.69. The van der Waals surface area contributed by atoms with Crippen molar-refractivity contribution in [2.24, 2.45) is 14.1 Å². The molecule has 0 radical (unpaired) electrons. The molecule has 9 nitrogen and oxygen atoms in total. The molecule has 1 aromatic carbocycles. The van der Waals surface area contributed by atoms with Crippen LogP contribution >= 0.6 is 11.8 Å². The van der Waals surface area contributed by atoms with Crippen molar-refractivity contribution in [2.75, 3.05) is 11.1 Å². The number of unbranched alkanes of at least 4 members (excludes halogenated alkanes) is 1. The van der Waals surface area contributed by atoms with Gasteiger partial charge in [-0.25, -0.2) is 14.8 Å². The number of benzene rings is 1. The van der Waals surface area contributed by atoms with Crippen LogP contribution in [0.5, 0.6) is 0 Å². The van der Waals surface area contributed by atoms with Gasteiger partial charge in [-0.05, 0) is 42.7 Å². The average Bonchev–Trinajstić information content (AvgIpc) is 3.39. The largest absolute Gasteiger partial charge is 0.461 e. The first-order valence-electron chi connectivity index (χ1n) is 10.9. The second-order valence-electron chi connectivity index (χ2n) is 7.87. The van der Waals surface area contributed by atoms with Crippen molar-refractivity contribution in [1.29, 1.82) is 0 Å². The minimum Gasteiger partial charge on any atom is -0.461 e. The number of carbonyl (C=O) groups is 1. The SMILES string of the molecule is CCCCc1ccc(NC(=O)CSc2nc(-c3ccco3)nc3c2c(=O)n(C)c(=O)n3C)cc1. The Kier molecular flexibility index (Phi) is 6.97. The fraction of sp³-hybridized carbons (Fsp3) is 0.292. The van der Waals surface area contributed by atoms with Crippen molar-refractivity contribution in [3.8, 4) is 11.6 Å². The molecule has 0 atom stereocenters. The van der Waals surface area contributed by atoms with E-state index < -0.39 is 11.2 Å². The number of fused-ring (bicyclic) bond motifs is 1. The lowest BCUT2D eigenvalue weighted by Gasteiger charge is -2.11. The molecule has 3 heterocycles. The van der Waals surface area contributed by atoms with E-state index in [1.807, 2.05) is 24.3 Å². The van der Waals surface area contributed by atoms with Crippen molar-refractivity contribution >= 4 is 34.4 Å². The second kappa shape index (κ2) is 10.1. The lowest BCUT2D eigenvalue weighted by atomic mass is 10.1. The van der Waals surface area contributed by atoms with E-state index in [9.17, 15) is 14.4 Å². The van der Waals surface area contributed by atoms with Gasteiger partial charge in [-0.15, -0.1) is 0 Å². The Balaban J connectivity index is 1.61. The predicted octanol–water partition coefficient (Wildman–Crippen LogP) is 3.36. The molecule has 1 N–H and O–H groups in total. The third-order valence-corrected chi connectivity index (χ3v) is 6.38. The number of aryl methyl sites for hydroxylation is 2. The van der Waals surface area contributed by atoms with Gasteiger partial charge in [0, 0.05) is 19.8 Å². The highest BCUT2D eigenvalue weighted by atomic mass is 32.2. The molecule has 4 aromatic rings. The van der Waals surface area contributed by atoms with Crippen molar-refractivity contribution in [1.82, 2.24) is 19.1 Å². The Hall–Kier alpha value is -3.66. The molecule has 10 heteroatoms. The summed E-state index contributed by atoms with van der Waals surface area (Å²) in [6, 6.07) is 11.2. The van der Waals surface area contributed by atoms with Crippen LogP contribution in [-0.2, 0) is 25.3 Å². The van der Waals surface area contributed by atoms with Crippen LogP contribution in [-0.4, -0.2) is 30.8 Å². The van der Waals surface area contributed by atoms with Gasteiger partial charge >= 0.3 is 5.69 Å². The van der Waals surface area contributed by atoms with E-state index in [2.05, 4.69) is 22.2 Å². The number of hydrogen-bond donors (Lipinski definition) is 1. The van der Waals surface area contributed by atoms with Crippen LogP contribution in [0.25, 0.3) is 22.6 Å². The maximum Gasteiger partial charge on any atom is 0.332 e. The standard InChI is InChI=1S/C24H25N5O4S/c1-4-5-7-15-9-11-16(12-10-15)25-18(30)14-34-22-19-21(28(2)24(32)29(3)23(19)31)26-20(27-22)17-8-6-13-33-17/h6,8-13H,4-5,7,14H2,1-3H3,(H,25,30). The normalized spacial score (nSPS) is 11.1. The Morgan fingerprint density at radius 1 is 1.09 bits per heavy atom. The van der Waals surface area contributed by atoms with Gasteiger partial charge in [0.15, 0.2) is 17.2 Å². The number of nitrogens with one attached hydrogen (secondary N) is 1. The monoisotopic (exact) mass is 479 g/mol. The van der Waals surface area contributed by atoms with E-state index >= 15 is 0 Å². The Morgan fingerprint density at radius 2 is 1.85 bits per heavy atom. The molecule has 0 bridgehead atoms. The molecule has 34 heavy (non-hydrogen) atoms. The summed E-state index contributed by atoms with van der Waals surface area (Å²) in [4.78, 5) is 46.8. The minimum absolute atomic E-state index is 0.0211. The van der Waals surface area contributed by atoms with Crippen LogP contribution < -0.4 is 16.6 Å². The number of rotatable bonds is 8. The molecule has 0 saturated carbocycles. The zero-order chi connectivity index (χ0) is 24.2. The van der Waals surface area contributed by atoms with Gasteiger partial charge < -0.3 is 9.73 Å². The lowest BCUT2D eigenvalue weighted by molar-refractivity contribution is -0.113. The number of hydrogen-bond acceptors (Lipinski definition) is 7. The molecule has 0 aliphatic carbocycles. The highest BCUT2D eigenvalue weighted by molar-refractivity contribution is 8.00. The number of amides is 1. The molecule has 4 rings (SSSR count). The van der Waals surface area contributed by atoms with Crippen LogP contribution in [0.4, 0.5) is 5.69 Å². The Morgan fingerprint density at radius 3 is 2.53 bits per heavy atom. The van der Waals surface area contributed by atoms with Crippen molar-refractivity contribution < 1.29 is 9.21 Å². The van der Waals surface area contributed by atoms with E-state index in [1.165, 1.54) is 30.5 Å². The maximum absolute atomic E-state index is 12.9. The molecule has 0 aliphatic rings. The molecule has 1 amide bonds. The summed E-state index contributed by atoms with van der Waals surface area (Å²) >= 11 is 1.11. The zero-order valence-corrected chi connectivity index (χ0v) is 20.0. The Labute approximate surface area is 199 Å². The fourth-order valence-corrected chi connectivity index (χ4v) is 4.33. The predicted molar refractivity (Wildman–Crippen MR) is 132 cm³/mol. The van der Waals surface area contributed by atoms with Crippen LogP contribution in [0.3, 0.4) is 0 Å². The van der Waals surface area contributed by atoms with Gasteiger partial charge in [-0.2, -0.15) is 0 Å². The van der Waals surface area contributed by atoms with Gasteiger partial charge in [0.2, 0.25) is 5.91 Å². The first kappa shape index (κ1) is 23.5. The van der Waals surface area contributed by atoms with Gasteiger partial charge in [0.1, 0.15) is 10.4 Å². The van der Waals surface area contributed by atoms with Crippen molar-refractivity contribution in [3.63, 3.8) is 0 Å². The summed E-state index contributed by atoms with van der Waals surface area (Å²) in [5.41, 5.74) is 1.09. The molecule has 0 spiro atoms. The molecular formula is C24H25N5O4S. The summed E-state index contributed by atoms with van der Waals surface area (Å²) in [7, 11) is 2.93. The molecule has 0 unspecified atom stereocenters. The average molecular weight is 480 g/mol. The Bertz CT molecular complexity index is 1440. The van der Waals surface area contributed by atoms with Gasteiger partial charge in [-0.1, -0.05) is 37.2 Å². The fourth-order valence-electron chi connectivity index (χ4n) is 3.52. The third kappa shape index (κ3) is 4.81. The van der Waals surface area contributed by atoms with Crippen LogP contribution in [0.2, 0.25) is 0 Å². The highest BCUT2D eigenvalue weighted by Crippen LogP contribution is 2.26. The third-order valence-electron chi connectivity index (χ3n) is 5.41. The number of carbonyl (C=O) groups excluding carboxylic acids is 1. The molecule has 3 aromatic heterocycles. The van der Waals surface area contributed by atoms with E-state index in [0.717, 1.165) is 35.6 Å². The second-order valence-corrected chi connectivity index (χ2v) is 8.84. The molecule has 176 valence electrons. The summed E-state index contributed by atoms with van der Waals surface area (Å²) in [5, 5.41) is 3.35. The van der Waals surface area contributed by atoms with Crippen LogP contribution in [0.15, 0.2) is 61.7 Å². The topological polar surface area (TPSA) is 112 Å². The van der Waals surface area contributed by atoms with Gasteiger partial charge in [-0.3, -0.25) is 18.7 Å². The van der Waals surface area contributed by atoms with Crippen molar-refractivity contribution in [3.05, 3.63) is 69.1 Å². The smallest absolute Gasteiger partial charge is 0.332 e. The number of anilines is 1. The van der Waals surface area contributed by atoms with E-state index in [1.54, 1.807) is 12.1 Å². The molecule has 0 saturated heterocycles. The van der Waals surface area contributed by atoms with E-state index in [0.29, 0.717) is 16.5 Å². The van der Waals surface area contributed by atoms with Gasteiger partial charge in [0.05, 0.1) is 12.0 Å². The minimum atomic E-state index is -0.519. The zero-order valence-electron chi connectivity index (χ0n) is 19.2. The lowest BCUT2D eigenvalue weighted by Crippen LogP contribution is -2.37. The highest BCUT2D eigenvalue weighted by Gasteiger charge is 2.20. The quantitative estimate of drug-likeness (QED) is 0.305. The first-order valence-corrected chi connectivity index (χ1v) is 11.9. The van der Waals surface area contributed by atoms with Crippen LogP contribution in [0.1, 0.15) is 25.3 Å². The summed E-state index contributed by atoms with van der Waals surface area (Å²) in [5.74, 6) is 0.405. The molecule has 0 aliphatic heterocycles. The van der Waals surface area contributed by atoms with Crippen LogP contribution in [0, 0.1) is 0 Å². The number of aromatic nitrogens is 4. The van der Waals surface area contributed by atoms with Crippen molar-refractivity contribution in [2.45, 2.75) is 31.2 Å². The molecular weight excluding hydrogens is 454 g/mol. The molecule has 0 fully saturated rings. The van der Waals surface area contributed by atoms with Gasteiger partial charge in [0.25, 0.3) is 5.56 Å². The summed E-state index contributed by atoms with van der Waals surface area (Å²) in [6.45, 7) is 2.15. The summed E-state index contributed by atoms with van der Waals surface area (Å²) in [6.07, 6.45) is 4.75. The number of nitrogens with zero attached hydrogens (tertiary/aromatic N) is 4. The maximum atomic E-state index is 12.9.